The van der Waals surface area contributed by atoms with Crippen LogP contribution in [0.25, 0.3) is 0 Å². The summed E-state index contributed by atoms with van der Waals surface area (Å²) in [5.74, 6) is 0.167. The van der Waals surface area contributed by atoms with E-state index in [1.54, 1.807) is 7.11 Å². The molecule has 118 valence electrons. The van der Waals surface area contributed by atoms with Gasteiger partial charge >= 0.3 is 0 Å². The van der Waals surface area contributed by atoms with Crippen LogP contribution in [0, 0.1) is 5.41 Å². The smallest absolute Gasteiger partial charge is 0.228 e. The molecule has 5 nitrogen and oxygen atoms in total. The first-order chi connectivity index (χ1) is 9.68. The number of carbonyl (C=O) groups is 1. The van der Waals surface area contributed by atoms with Crippen molar-refractivity contribution < 1.29 is 9.53 Å². The van der Waals surface area contributed by atoms with Crippen LogP contribution in [-0.4, -0.2) is 63.8 Å². The van der Waals surface area contributed by atoms with Crippen LogP contribution in [0.1, 0.15) is 33.1 Å². The van der Waals surface area contributed by atoms with Crippen LogP contribution >= 0.6 is 0 Å². The molecule has 0 aromatic rings. The molecule has 0 aromatic carbocycles. The van der Waals surface area contributed by atoms with Gasteiger partial charge in [0.15, 0.2) is 0 Å². The lowest BCUT2D eigenvalue weighted by Crippen LogP contribution is -2.50. The van der Waals surface area contributed by atoms with Gasteiger partial charge in [-0.25, -0.2) is 0 Å². The minimum atomic E-state index is -0.324. The highest BCUT2D eigenvalue weighted by atomic mass is 16.5. The molecule has 1 amide bonds. The topological polar surface area (TPSA) is 53.6 Å². The summed E-state index contributed by atoms with van der Waals surface area (Å²) in [6.45, 7) is 10.6. The van der Waals surface area contributed by atoms with Gasteiger partial charge in [-0.05, 0) is 52.0 Å². The number of piperidine rings is 1. The lowest BCUT2D eigenvalue weighted by atomic mass is 9.78. The Bertz CT molecular complexity index is 269. The van der Waals surface area contributed by atoms with Crippen molar-refractivity contribution in [3.63, 3.8) is 0 Å². The van der Waals surface area contributed by atoms with Crippen molar-refractivity contribution in [3.8, 4) is 0 Å². The number of hydrogen-bond acceptors (Lipinski definition) is 4. The second-order valence-corrected chi connectivity index (χ2v) is 5.60. The molecule has 0 aromatic heterocycles. The van der Waals surface area contributed by atoms with E-state index in [1.807, 2.05) is 0 Å². The van der Waals surface area contributed by atoms with Gasteiger partial charge in [0.1, 0.15) is 0 Å². The summed E-state index contributed by atoms with van der Waals surface area (Å²) in [5, 5.41) is 6.42. The van der Waals surface area contributed by atoms with E-state index in [0.29, 0.717) is 6.61 Å². The number of hydrogen-bond donors (Lipinski definition) is 2. The van der Waals surface area contributed by atoms with Crippen molar-refractivity contribution >= 4 is 5.91 Å². The molecule has 1 heterocycles. The molecule has 0 spiro atoms. The third-order valence-corrected chi connectivity index (χ3v) is 4.29. The third kappa shape index (κ3) is 5.04. The van der Waals surface area contributed by atoms with Gasteiger partial charge < -0.3 is 20.3 Å². The van der Waals surface area contributed by atoms with E-state index in [0.717, 1.165) is 58.5 Å². The minimum Gasteiger partial charge on any atom is -0.384 e. The Kier molecular flexibility index (Phi) is 8.11. The maximum atomic E-state index is 12.5. The van der Waals surface area contributed by atoms with Gasteiger partial charge in [-0.3, -0.25) is 4.79 Å². The summed E-state index contributed by atoms with van der Waals surface area (Å²) < 4.78 is 5.29. The molecule has 0 bridgehead atoms. The highest BCUT2D eigenvalue weighted by Gasteiger charge is 2.39. The van der Waals surface area contributed by atoms with Crippen molar-refractivity contribution in [2.75, 3.05) is 53.0 Å². The Balaban J connectivity index is 2.35. The zero-order chi connectivity index (χ0) is 14.8. The number of carbonyl (C=O) groups excluding carboxylic acids is 1. The Morgan fingerprint density at radius 2 is 1.95 bits per heavy atom. The first-order valence-electron chi connectivity index (χ1n) is 7.89. The molecule has 1 aliphatic heterocycles. The summed E-state index contributed by atoms with van der Waals surface area (Å²) >= 11 is 0. The SMILES string of the molecule is CCN(CC)CCCNC(=O)C1(COC)CCNCC1. The fraction of sp³-hybridized carbons (Fsp3) is 0.933. The fourth-order valence-electron chi connectivity index (χ4n) is 2.85. The number of methoxy groups -OCH3 is 1. The molecule has 0 radical (unpaired) electrons. The largest absolute Gasteiger partial charge is 0.384 e. The van der Waals surface area contributed by atoms with Crippen LogP contribution in [0.4, 0.5) is 0 Å². The van der Waals surface area contributed by atoms with Gasteiger partial charge in [-0.2, -0.15) is 0 Å². The number of ether oxygens (including phenoxy) is 1. The number of rotatable bonds is 9. The molecule has 1 saturated heterocycles. The van der Waals surface area contributed by atoms with Crippen LogP contribution in [0.5, 0.6) is 0 Å². The summed E-state index contributed by atoms with van der Waals surface area (Å²) in [7, 11) is 1.68. The average Bonchev–Trinajstić information content (AvgIpc) is 2.48. The Hall–Kier alpha value is -0.650. The number of nitrogens with zero attached hydrogens (tertiary/aromatic N) is 1. The average molecular weight is 285 g/mol. The first kappa shape index (κ1) is 17.4. The molecule has 0 atom stereocenters. The van der Waals surface area contributed by atoms with Crippen LogP contribution in [0.3, 0.4) is 0 Å². The van der Waals surface area contributed by atoms with Crippen LogP contribution < -0.4 is 10.6 Å². The van der Waals surface area contributed by atoms with E-state index in [4.69, 9.17) is 4.74 Å². The van der Waals surface area contributed by atoms with Crippen molar-refractivity contribution in [2.45, 2.75) is 33.1 Å². The quantitative estimate of drug-likeness (QED) is 0.617. The predicted octanol–water partition coefficient (Wildman–Crippen LogP) is 0.851. The highest BCUT2D eigenvalue weighted by molar-refractivity contribution is 5.82. The van der Waals surface area contributed by atoms with E-state index in [1.165, 1.54) is 0 Å². The van der Waals surface area contributed by atoms with E-state index >= 15 is 0 Å². The van der Waals surface area contributed by atoms with Gasteiger partial charge in [0.25, 0.3) is 0 Å². The van der Waals surface area contributed by atoms with E-state index < -0.39 is 0 Å². The van der Waals surface area contributed by atoms with Gasteiger partial charge in [0.2, 0.25) is 5.91 Å². The highest BCUT2D eigenvalue weighted by Crippen LogP contribution is 2.29. The molecular formula is C15H31N3O2. The standard InChI is InChI=1S/C15H31N3O2/c1-4-18(5-2)12-6-9-17-14(19)15(13-20-3)7-10-16-11-8-15/h16H,4-13H2,1-3H3,(H,17,19). The van der Waals surface area contributed by atoms with E-state index in [2.05, 4.69) is 29.4 Å². The second kappa shape index (κ2) is 9.32. The number of amides is 1. The molecule has 0 unspecified atom stereocenters. The number of nitrogens with one attached hydrogen (secondary N) is 2. The minimum absolute atomic E-state index is 0.167. The van der Waals surface area contributed by atoms with Crippen LogP contribution in [0.15, 0.2) is 0 Å². The van der Waals surface area contributed by atoms with Gasteiger partial charge in [0, 0.05) is 13.7 Å². The molecule has 2 N–H and O–H groups in total. The predicted molar refractivity (Wildman–Crippen MR) is 81.8 cm³/mol. The summed E-state index contributed by atoms with van der Waals surface area (Å²) in [5.41, 5.74) is -0.324. The molecule has 1 aliphatic rings. The maximum Gasteiger partial charge on any atom is 0.228 e. The fourth-order valence-corrected chi connectivity index (χ4v) is 2.85. The van der Waals surface area contributed by atoms with Gasteiger partial charge in [-0.1, -0.05) is 13.8 Å². The Morgan fingerprint density at radius 3 is 2.50 bits per heavy atom. The van der Waals surface area contributed by atoms with E-state index in [9.17, 15) is 4.79 Å². The molecule has 0 saturated carbocycles. The molecule has 1 fully saturated rings. The molecular weight excluding hydrogens is 254 g/mol. The van der Waals surface area contributed by atoms with Gasteiger partial charge in [0.05, 0.1) is 12.0 Å². The normalized spacial score (nSPS) is 18.2. The summed E-state index contributed by atoms with van der Waals surface area (Å²) in [6, 6.07) is 0. The van der Waals surface area contributed by atoms with E-state index in [-0.39, 0.29) is 11.3 Å². The molecule has 5 heteroatoms. The third-order valence-electron chi connectivity index (χ3n) is 4.29. The van der Waals surface area contributed by atoms with Gasteiger partial charge in [-0.15, -0.1) is 0 Å². The molecule has 1 rings (SSSR count). The lowest BCUT2D eigenvalue weighted by Gasteiger charge is -2.35. The lowest BCUT2D eigenvalue weighted by molar-refractivity contribution is -0.136. The zero-order valence-corrected chi connectivity index (χ0v) is 13.3. The summed E-state index contributed by atoms with van der Waals surface area (Å²) in [4.78, 5) is 14.8. The van der Waals surface area contributed by atoms with Crippen molar-refractivity contribution in [3.05, 3.63) is 0 Å². The zero-order valence-electron chi connectivity index (χ0n) is 13.3. The summed E-state index contributed by atoms with van der Waals surface area (Å²) in [6.07, 6.45) is 2.74. The molecule has 0 aliphatic carbocycles. The Labute approximate surface area is 123 Å². The second-order valence-electron chi connectivity index (χ2n) is 5.60. The maximum absolute atomic E-state index is 12.5. The Morgan fingerprint density at radius 1 is 1.30 bits per heavy atom. The van der Waals surface area contributed by atoms with Crippen molar-refractivity contribution in [1.82, 2.24) is 15.5 Å². The van der Waals surface area contributed by atoms with Crippen molar-refractivity contribution in [2.24, 2.45) is 5.41 Å². The van der Waals surface area contributed by atoms with Crippen LogP contribution in [0.2, 0.25) is 0 Å². The van der Waals surface area contributed by atoms with Crippen molar-refractivity contribution in [1.29, 1.82) is 0 Å². The van der Waals surface area contributed by atoms with Crippen LogP contribution in [-0.2, 0) is 9.53 Å². The monoisotopic (exact) mass is 285 g/mol. The molecule has 20 heavy (non-hydrogen) atoms. The first-order valence-corrected chi connectivity index (χ1v) is 7.89.